The Hall–Kier alpha value is -0.353. The van der Waals surface area contributed by atoms with E-state index in [0.29, 0.717) is 5.92 Å². The number of esters is 1. The van der Waals surface area contributed by atoms with Gasteiger partial charge in [0.1, 0.15) is 14.3 Å². The van der Waals surface area contributed by atoms with E-state index < -0.39 is 8.24 Å². The van der Waals surface area contributed by atoms with Crippen molar-refractivity contribution in [3.05, 3.63) is 0 Å². The maximum absolute atomic E-state index is 11.5. The molecule has 4 heteroatoms. The molecule has 0 saturated heterocycles. The third-order valence-corrected chi connectivity index (χ3v) is 3.43. The van der Waals surface area contributed by atoms with Gasteiger partial charge in [-0.05, 0) is 5.92 Å². The molecule has 0 aliphatic rings. The van der Waals surface area contributed by atoms with Gasteiger partial charge in [0.25, 0.3) is 0 Å². The summed E-state index contributed by atoms with van der Waals surface area (Å²) in [6.07, 6.45) is 0.983. The third kappa shape index (κ3) is 4.76. The van der Waals surface area contributed by atoms with Crippen molar-refractivity contribution in [2.45, 2.75) is 46.0 Å². The van der Waals surface area contributed by atoms with E-state index in [-0.39, 0.29) is 12.0 Å². The second kappa shape index (κ2) is 5.51. The van der Waals surface area contributed by atoms with Crippen LogP contribution in [0.15, 0.2) is 0 Å². The van der Waals surface area contributed by atoms with Crippen molar-refractivity contribution in [3.8, 4) is 0 Å². The molecule has 3 nitrogen and oxygen atoms in total. The zero-order valence-corrected chi connectivity index (χ0v) is 11.2. The van der Waals surface area contributed by atoms with Gasteiger partial charge in [0.15, 0.2) is 0 Å². The summed E-state index contributed by atoms with van der Waals surface area (Å²) >= 11 is 0. The van der Waals surface area contributed by atoms with Crippen molar-refractivity contribution in [3.63, 3.8) is 0 Å². The molecule has 0 aromatic rings. The molecule has 14 heavy (non-hydrogen) atoms. The van der Waals surface area contributed by atoms with Gasteiger partial charge in [-0.2, -0.15) is 0 Å². The fourth-order valence-corrected chi connectivity index (χ4v) is 2.60. The molecule has 0 radical (unpaired) electrons. The van der Waals surface area contributed by atoms with E-state index in [2.05, 4.69) is 38.5 Å². The summed E-state index contributed by atoms with van der Waals surface area (Å²) in [5.41, 5.74) is 0. The Kier molecular flexibility index (Phi) is 5.37. The Balaban J connectivity index is 4.48. The largest absolute Gasteiger partial charge is 0.468 e. The second-order valence-corrected chi connectivity index (χ2v) is 9.57. The number of methoxy groups -OCH3 is 1. The summed E-state index contributed by atoms with van der Waals surface area (Å²) in [5.74, 6) is 0.191. The first-order valence-corrected chi connectivity index (χ1v) is 8.67. The number of rotatable bonds is 5. The number of nitrogens with one attached hydrogen (secondary N) is 1. The lowest BCUT2D eigenvalue weighted by Crippen LogP contribution is -2.54. The number of carbonyl (C=O) groups is 1. The summed E-state index contributed by atoms with van der Waals surface area (Å²) in [5, 5.41) is 0. The van der Waals surface area contributed by atoms with E-state index in [9.17, 15) is 4.79 Å². The van der Waals surface area contributed by atoms with Crippen molar-refractivity contribution in [1.29, 1.82) is 0 Å². The van der Waals surface area contributed by atoms with Crippen LogP contribution in [0.1, 0.15) is 20.3 Å². The van der Waals surface area contributed by atoms with Gasteiger partial charge >= 0.3 is 5.97 Å². The predicted octanol–water partition coefficient (Wildman–Crippen LogP) is 2.00. The highest BCUT2D eigenvalue weighted by Crippen LogP contribution is 2.12. The van der Waals surface area contributed by atoms with E-state index >= 15 is 0 Å². The molecule has 0 bridgehead atoms. The SMILES string of the molecule is CC[C@H](C)[C@H](N[Si](C)(C)C)C(=O)OC. The molecule has 0 rings (SSSR count). The van der Waals surface area contributed by atoms with Crippen molar-refractivity contribution in [2.24, 2.45) is 5.92 Å². The molecule has 0 heterocycles. The molecule has 0 aliphatic heterocycles. The lowest BCUT2D eigenvalue weighted by molar-refractivity contribution is -0.144. The van der Waals surface area contributed by atoms with E-state index in [0.717, 1.165) is 6.42 Å². The maximum atomic E-state index is 11.5. The van der Waals surface area contributed by atoms with Crippen LogP contribution >= 0.6 is 0 Å². The minimum absolute atomic E-state index is 0.137. The average molecular weight is 217 g/mol. The van der Waals surface area contributed by atoms with E-state index in [4.69, 9.17) is 4.74 Å². The zero-order chi connectivity index (χ0) is 11.4. The van der Waals surface area contributed by atoms with Crippen LogP contribution in [0.5, 0.6) is 0 Å². The molecule has 0 saturated carbocycles. The molecule has 0 fully saturated rings. The molecule has 0 amide bonds. The van der Waals surface area contributed by atoms with E-state index in [1.54, 1.807) is 0 Å². The van der Waals surface area contributed by atoms with Crippen molar-refractivity contribution in [2.75, 3.05) is 7.11 Å². The Morgan fingerprint density at radius 3 is 2.21 bits per heavy atom. The smallest absolute Gasteiger partial charge is 0.322 e. The van der Waals surface area contributed by atoms with Gasteiger partial charge in [0, 0.05) is 0 Å². The predicted molar refractivity (Wildman–Crippen MR) is 61.7 cm³/mol. The van der Waals surface area contributed by atoms with Gasteiger partial charge in [0.2, 0.25) is 0 Å². The number of hydrogen-bond acceptors (Lipinski definition) is 3. The topological polar surface area (TPSA) is 38.3 Å². The molecule has 2 atom stereocenters. The number of ether oxygens (including phenoxy) is 1. The molecule has 0 unspecified atom stereocenters. The standard InChI is InChI=1S/C10H23NO2Si/c1-7-8(2)9(10(12)13-3)11-14(4,5)6/h8-9,11H,7H2,1-6H3/t8-,9-/m0/s1. The minimum Gasteiger partial charge on any atom is -0.468 e. The van der Waals surface area contributed by atoms with E-state index in [1.165, 1.54) is 7.11 Å². The van der Waals surface area contributed by atoms with Gasteiger partial charge in [-0.1, -0.05) is 39.9 Å². The summed E-state index contributed by atoms with van der Waals surface area (Å²) in [4.78, 5) is 14.9. The van der Waals surface area contributed by atoms with Gasteiger partial charge in [-0.25, -0.2) is 0 Å². The molecular weight excluding hydrogens is 194 g/mol. The third-order valence-electron chi connectivity index (χ3n) is 2.26. The highest BCUT2D eigenvalue weighted by atomic mass is 28.3. The molecule has 1 N–H and O–H groups in total. The monoisotopic (exact) mass is 217 g/mol. The highest BCUT2D eigenvalue weighted by Gasteiger charge is 2.29. The van der Waals surface area contributed by atoms with E-state index in [1.807, 2.05) is 0 Å². The van der Waals surface area contributed by atoms with Crippen LogP contribution in [0.2, 0.25) is 19.6 Å². The number of hydrogen-bond donors (Lipinski definition) is 1. The van der Waals surface area contributed by atoms with Crippen molar-refractivity contribution < 1.29 is 9.53 Å². The van der Waals surface area contributed by atoms with Gasteiger partial charge < -0.3 is 9.72 Å². The molecule has 0 aromatic carbocycles. The molecule has 84 valence electrons. The second-order valence-electron chi connectivity index (χ2n) is 4.78. The first-order chi connectivity index (χ1) is 6.31. The van der Waals surface area contributed by atoms with Crippen LogP contribution in [0.25, 0.3) is 0 Å². The Morgan fingerprint density at radius 2 is 1.93 bits per heavy atom. The fraction of sp³-hybridized carbons (Fsp3) is 0.900. The normalized spacial score (nSPS) is 16.1. The van der Waals surface area contributed by atoms with Crippen LogP contribution in [-0.2, 0) is 9.53 Å². The quantitative estimate of drug-likeness (QED) is 0.565. The lowest BCUT2D eigenvalue weighted by Gasteiger charge is -2.28. The Morgan fingerprint density at radius 1 is 1.43 bits per heavy atom. The summed E-state index contributed by atoms with van der Waals surface area (Å²) in [6.45, 7) is 10.7. The molecule has 0 aromatic heterocycles. The molecule has 0 aliphatic carbocycles. The summed E-state index contributed by atoms with van der Waals surface area (Å²) in [7, 11) is 0.0188. The molecular formula is C10H23NO2Si. The van der Waals surface area contributed by atoms with Crippen LogP contribution in [0.4, 0.5) is 0 Å². The van der Waals surface area contributed by atoms with Crippen LogP contribution < -0.4 is 4.98 Å². The summed E-state index contributed by atoms with van der Waals surface area (Å²) < 4.78 is 4.80. The number of carbonyl (C=O) groups excluding carboxylic acids is 1. The van der Waals surface area contributed by atoms with Crippen molar-refractivity contribution >= 4 is 14.2 Å². The fourth-order valence-electron chi connectivity index (χ4n) is 1.26. The van der Waals surface area contributed by atoms with Crippen LogP contribution in [0.3, 0.4) is 0 Å². The van der Waals surface area contributed by atoms with Crippen LogP contribution in [-0.4, -0.2) is 27.4 Å². The Labute approximate surface area is 88.3 Å². The van der Waals surface area contributed by atoms with Crippen molar-refractivity contribution in [1.82, 2.24) is 4.98 Å². The van der Waals surface area contributed by atoms with Gasteiger partial charge in [0.05, 0.1) is 7.11 Å². The van der Waals surface area contributed by atoms with Gasteiger partial charge in [-0.15, -0.1) is 0 Å². The first-order valence-electron chi connectivity index (χ1n) is 5.17. The maximum Gasteiger partial charge on any atom is 0.322 e. The van der Waals surface area contributed by atoms with Crippen LogP contribution in [0, 0.1) is 5.92 Å². The lowest BCUT2D eigenvalue weighted by atomic mass is 10.0. The zero-order valence-electron chi connectivity index (χ0n) is 10.2. The molecule has 0 spiro atoms. The highest BCUT2D eigenvalue weighted by molar-refractivity contribution is 6.73. The Bertz CT molecular complexity index is 189. The minimum atomic E-state index is -1.43. The average Bonchev–Trinajstić information content (AvgIpc) is 2.10. The summed E-state index contributed by atoms with van der Waals surface area (Å²) in [6, 6.07) is -0.142. The van der Waals surface area contributed by atoms with Gasteiger partial charge in [-0.3, -0.25) is 4.79 Å². The first kappa shape index (κ1) is 13.6.